The smallest absolute Gasteiger partial charge is 0.228 e. The average molecular weight is 422 g/mol. The van der Waals surface area contributed by atoms with Crippen molar-refractivity contribution in [1.82, 2.24) is 9.80 Å². The Balaban J connectivity index is 1.60. The predicted octanol–water partition coefficient (Wildman–Crippen LogP) is 2.91. The van der Waals surface area contributed by atoms with E-state index in [-0.39, 0.29) is 17.7 Å². The summed E-state index contributed by atoms with van der Waals surface area (Å²) >= 11 is 3.49. The molecule has 0 aromatic heterocycles. The highest BCUT2D eigenvalue weighted by Crippen LogP contribution is 2.30. The van der Waals surface area contributed by atoms with Crippen LogP contribution in [0.4, 0.5) is 5.69 Å². The molecule has 6 heteroatoms. The first-order valence-electron chi connectivity index (χ1n) is 9.35. The standard InChI is InChI=1S/C20H28BrN3O2/c1-14-10-17(4-5-18(14)21)24-13-16(11-19(24)25)20(26)23-8-6-15(7-9-23)12-22(2)3/h4-5,10,15-16H,6-9,11-13H2,1-3H3/t16-/m0/s1. The number of hydrogen-bond donors (Lipinski definition) is 0. The van der Waals surface area contributed by atoms with Crippen molar-refractivity contribution in [2.24, 2.45) is 11.8 Å². The van der Waals surface area contributed by atoms with Crippen LogP contribution in [0.1, 0.15) is 24.8 Å². The number of amides is 2. The summed E-state index contributed by atoms with van der Waals surface area (Å²) in [7, 11) is 4.19. The van der Waals surface area contributed by atoms with Crippen LogP contribution < -0.4 is 4.90 Å². The van der Waals surface area contributed by atoms with Gasteiger partial charge in [0.1, 0.15) is 0 Å². The predicted molar refractivity (Wildman–Crippen MR) is 107 cm³/mol. The lowest BCUT2D eigenvalue weighted by Crippen LogP contribution is -2.43. The molecule has 142 valence electrons. The summed E-state index contributed by atoms with van der Waals surface area (Å²) in [6.45, 7) is 5.23. The Kier molecular flexibility index (Phi) is 6.03. The monoisotopic (exact) mass is 421 g/mol. The van der Waals surface area contributed by atoms with Crippen molar-refractivity contribution in [3.8, 4) is 0 Å². The maximum atomic E-state index is 12.9. The maximum absolute atomic E-state index is 12.9. The van der Waals surface area contributed by atoms with Gasteiger partial charge in [0.05, 0.1) is 5.92 Å². The maximum Gasteiger partial charge on any atom is 0.228 e. The van der Waals surface area contributed by atoms with Crippen LogP contribution in [0.15, 0.2) is 22.7 Å². The van der Waals surface area contributed by atoms with Crippen LogP contribution in [0.2, 0.25) is 0 Å². The van der Waals surface area contributed by atoms with Crippen LogP contribution in [0, 0.1) is 18.8 Å². The minimum Gasteiger partial charge on any atom is -0.342 e. The second-order valence-electron chi connectivity index (χ2n) is 7.87. The number of carbonyl (C=O) groups is 2. The third-order valence-corrected chi connectivity index (χ3v) is 6.37. The van der Waals surface area contributed by atoms with Crippen molar-refractivity contribution in [2.75, 3.05) is 45.2 Å². The fraction of sp³-hybridized carbons (Fsp3) is 0.600. The lowest BCUT2D eigenvalue weighted by Gasteiger charge is -2.34. The average Bonchev–Trinajstić information content (AvgIpc) is 2.99. The second-order valence-corrected chi connectivity index (χ2v) is 8.72. The highest BCUT2D eigenvalue weighted by molar-refractivity contribution is 9.10. The second kappa shape index (κ2) is 8.09. The lowest BCUT2D eigenvalue weighted by atomic mass is 9.95. The van der Waals surface area contributed by atoms with Gasteiger partial charge in [-0.05, 0) is 63.5 Å². The molecule has 2 saturated heterocycles. The molecule has 2 heterocycles. The van der Waals surface area contributed by atoms with Crippen molar-refractivity contribution in [3.63, 3.8) is 0 Å². The summed E-state index contributed by atoms with van der Waals surface area (Å²) in [6, 6.07) is 5.90. The van der Waals surface area contributed by atoms with Crippen LogP contribution in [0.25, 0.3) is 0 Å². The Morgan fingerprint density at radius 3 is 2.58 bits per heavy atom. The van der Waals surface area contributed by atoms with Crippen LogP contribution in [0.3, 0.4) is 0 Å². The fourth-order valence-electron chi connectivity index (χ4n) is 4.03. The van der Waals surface area contributed by atoms with Crippen molar-refractivity contribution in [1.29, 1.82) is 0 Å². The quantitative estimate of drug-likeness (QED) is 0.750. The van der Waals surface area contributed by atoms with Gasteiger partial charge in [-0.2, -0.15) is 0 Å². The Morgan fingerprint density at radius 2 is 1.96 bits per heavy atom. The van der Waals surface area contributed by atoms with E-state index in [9.17, 15) is 9.59 Å². The number of rotatable bonds is 4. The molecule has 1 aromatic carbocycles. The van der Waals surface area contributed by atoms with Crippen molar-refractivity contribution in [2.45, 2.75) is 26.2 Å². The summed E-state index contributed by atoms with van der Waals surface area (Å²) in [5, 5.41) is 0. The highest BCUT2D eigenvalue weighted by atomic mass is 79.9. The molecular formula is C20H28BrN3O2. The largest absolute Gasteiger partial charge is 0.342 e. The molecule has 2 amide bonds. The van der Waals surface area contributed by atoms with Gasteiger partial charge in [0, 0.05) is 42.8 Å². The number of carbonyl (C=O) groups excluding carboxylic acids is 2. The number of likely N-dealkylation sites (tertiary alicyclic amines) is 1. The molecule has 0 spiro atoms. The molecule has 5 nitrogen and oxygen atoms in total. The minimum atomic E-state index is -0.211. The Morgan fingerprint density at radius 1 is 1.27 bits per heavy atom. The molecule has 2 aliphatic rings. The molecule has 1 aromatic rings. The molecule has 0 radical (unpaired) electrons. The summed E-state index contributed by atoms with van der Waals surface area (Å²) in [4.78, 5) is 31.3. The van der Waals surface area contributed by atoms with Gasteiger partial charge < -0.3 is 14.7 Å². The van der Waals surface area contributed by atoms with Gasteiger partial charge in [0.25, 0.3) is 0 Å². The Bertz CT molecular complexity index is 684. The number of benzene rings is 1. The summed E-state index contributed by atoms with van der Waals surface area (Å²) in [5.74, 6) is 0.656. The molecule has 0 N–H and O–H groups in total. The topological polar surface area (TPSA) is 43.9 Å². The van der Waals surface area contributed by atoms with E-state index in [0.29, 0.717) is 18.9 Å². The van der Waals surface area contributed by atoms with Gasteiger partial charge in [-0.25, -0.2) is 0 Å². The summed E-state index contributed by atoms with van der Waals surface area (Å²) < 4.78 is 1.03. The van der Waals surface area contributed by atoms with Gasteiger partial charge in [0.2, 0.25) is 11.8 Å². The lowest BCUT2D eigenvalue weighted by molar-refractivity contribution is -0.137. The molecule has 3 rings (SSSR count). The van der Waals surface area contributed by atoms with Crippen LogP contribution in [-0.4, -0.2) is 61.9 Å². The zero-order valence-electron chi connectivity index (χ0n) is 15.9. The summed E-state index contributed by atoms with van der Waals surface area (Å²) in [5.41, 5.74) is 1.98. The normalized spacial score (nSPS) is 21.7. The number of anilines is 1. The van der Waals surface area contributed by atoms with E-state index in [1.165, 1.54) is 0 Å². The molecule has 1 atom stereocenters. The summed E-state index contributed by atoms with van der Waals surface area (Å²) in [6.07, 6.45) is 2.44. The van der Waals surface area contributed by atoms with Gasteiger partial charge in [-0.1, -0.05) is 15.9 Å². The molecule has 0 saturated carbocycles. The molecule has 26 heavy (non-hydrogen) atoms. The fourth-order valence-corrected chi connectivity index (χ4v) is 4.28. The van der Waals surface area contributed by atoms with Crippen LogP contribution in [0.5, 0.6) is 0 Å². The van der Waals surface area contributed by atoms with E-state index >= 15 is 0 Å². The Hall–Kier alpha value is -1.40. The first kappa shape index (κ1) is 19.4. The zero-order valence-corrected chi connectivity index (χ0v) is 17.5. The van der Waals surface area contributed by atoms with E-state index in [0.717, 1.165) is 48.2 Å². The molecule has 0 aliphatic carbocycles. The number of nitrogens with zero attached hydrogens (tertiary/aromatic N) is 3. The van der Waals surface area contributed by atoms with Crippen LogP contribution >= 0.6 is 15.9 Å². The number of hydrogen-bond acceptors (Lipinski definition) is 3. The van der Waals surface area contributed by atoms with E-state index < -0.39 is 0 Å². The third-order valence-electron chi connectivity index (χ3n) is 5.48. The van der Waals surface area contributed by atoms with Crippen molar-refractivity contribution >= 4 is 33.4 Å². The van der Waals surface area contributed by atoms with E-state index in [4.69, 9.17) is 0 Å². The molecule has 2 aliphatic heterocycles. The van der Waals surface area contributed by atoms with Gasteiger partial charge in [-0.15, -0.1) is 0 Å². The number of aryl methyl sites for hydroxylation is 1. The third kappa shape index (κ3) is 4.29. The Labute approximate surface area is 164 Å². The molecular weight excluding hydrogens is 394 g/mol. The molecule has 0 unspecified atom stereocenters. The van der Waals surface area contributed by atoms with Gasteiger partial charge >= 0.3 is 0 Å². The van der Waals surface area contributed by atoms with Gasteiger partial charge in [0.15, 0.2) is 0 Å². The first-order chi connectivity index (χ1) is 12.3. The van der Waals surface area contributed by atoms with Crippen molar-refractivity contribution < 1.29 is 9.59 Å². The van der Waals surface area contributed by atoms with Crippen LogP contribution in [-0.2, 0) is 9.59 Å². The van der Waals surface area contributed by atoms with Gasteiger partial charge in [-0.3, -0.25) is 9.59 Å². The SMILES string of the molecule is Cc1cc(N2C[C@@H](C(=O)N3CCC(CN(C)C)CC3)CC2=O)ccc1Br. The van der Waals surface area contributed by atoms with Crippen molar-refractivity contribution in [3.05, 3.63) is 28.2 Å². The number of halogens is 1. The first-order valence-corrected chi connectivity index (χ1v) is 10.1. The van der Waals surface area contributed by atoms with E-state index in [1.807, 2.05) is 30.0 Å². The highest BCUT2D eigenvalue weighted by Gasteiger charge is 2.38. The zero-order chi connectivity index (χ0) is 18.8. The molecule has 0 bridgehead atoms. The minimum absolute atomic E-state index is 0.0487. The van der Waals surface area contributed by atoms with E-state index in [2.05, 4.69) is 34.9 Å². The van der Waals surface area contributed by atoms with E-state index in [1.54, 1.807) is 4.90 Å². The number of piperidine rings is 1. The molecule has 2 fully saturated rings.